The Bertz CT molecular complexity index is 1100. The highest BCUT2D eigenvalue weighted by molar-refractivity contribution is 6.00. The van der Waals surface area contributed by atoms with E-state index >= 15 is 0 Å². The molecule has 2 amide bonds. The lowest BCUT2D eigenvalue weighted by molar-refractivity contribution is -0.132. The number of nitrogens with zero attached hydrogens (tertiary/aromatic N) is 2. The number of carbonyl (C=O) groups is 2. The van der Waals surface area contributed by atoms with Crippen LogP contribution in [0.2, 0.25) is 0 Å². The molecule has 1 heterocycles. The lowest BCUT2D eigenvalue weighted by atomic mass is 10.1. The lowest BCUT2D eigenvalue weighted by Gasteiger charge is -2.26. The number of anilines is 1. The molecule has 9 heteroatoms. The quantitative estimate of drug-likeness (QED) is 0.175. The normalized spacial score (nSPS) is 15.9. The fourth-order valence-corrected chi connectivity index (χ4v) is 3.58. The van der Waals surface area contributed by atoms with Crippen molar-refractivity contribution in [2.45, 2.75) is 26.0 Å². The second-order valence-electron chi connectivity index (χ2n) is 8.36. The molecule has 2 atom stereocenters. The van der Waals surface area contributed by atoms with Crippen LogP contribution in [0.4, 0.5) is 5.69 Å². The SMILES string of the molecule is CC(=N[C@H](C(=O)NO)[C@@H](C)O)c1ccc(C#Cc2ccc(NC(=O)CN3CCNCC3)cc2)cc1. The molecule has 3 rings (SSSR count). The van der Waals surface area contributed by atoms with E-state index in [-0.39, 0.29) is 5.91 Å². The molecule has 35 heavy (non-hydrogen) atoms. The fourth-order valence-electron chi connectivity index (χ4n) is 3.58. The summed E-state index contributed by atoms with van der Waals surface area (Å²) in [5.41, 5.74) is 5.20. The largest absolute Gasteiger partial charge is 0.391 e. The second-order valence-corrected chi connectivity index (χ2v) is 8.36. The molecule has 1 aliphatic rings. The van der Waals surface area contributed by atoms with Crippen molar-refractivity contribution < 1.29 is 19.9 Å². The van der Waals surface area contributed by atoms with Gasteiger partial charge in [-0.05, 0) is 55.8 Å². The maximum Gasteiger partial charge on any atom is 0.270 e. The number of carbonyl (C=O) groups excluding carboxylic acids is 2. The molecule has 2 aromatic carbocycles. The van der Waals surface area contributed by atoms with Crippen LogP contribution in [0.25, 0.3) is 0 Å². The molecule has 2 aromatic rings. The van der Waals surface area contributed by atoms with Crippen molar-refractivity contribution in [3.8, 4) is 11.8 Å². The van der Waals surface area contributed by atoms with E-state index in [4.69, 9.17) is 5.21 Å². The predicted molar refractivity (Wildman–Crippen MR) is 134 cm³/mol. The van der Waals surface area contributed by atoms with E-state index in [2.05, 4.69) is 32.4 Å². The van der Waals surface area contributed by atoms with Gasteiger partial charge in [-0.25, -0.2) is 5.48 Å². The van der Waals surface area contributed by atoms with Gasteiger partial charge < -0.3 is 15.7 Å². The van der Waals surface area contributed by atoms with Crippen molar-refractivity contribution in [2.75, 3.05) is 38.0 Å². The topological polar surface area (TPSA) is 126 Å². The first-order valence-electron chi connectivity index (χ1n) is 11.5. The Balaban J connectivity index is 1.58. The van der Waals surface area contributed by atoms with Crippen molar-refractivity contribution in [3.63, 3.8) is 0 Å². The van der Waals surface area contributed by atoms with Crippen LogP contribution in [0, 0.1) is 11.8 Å². The van der Waals surface area contributed by atoms with Crippen LogP contribution in [0.3, 0.4) is 0 Å². The van der Waals surface area contributed by atoms with E-state index in [1.807, 2.05) is 48.5 Å². The molecule has 9 nitrogen and oxygen atoms in total. The monoisotopic (exact) mass is 477 g/mol. The van der Waals surface area contributed by atoms with Gasteiger partial charge in [-0.15, -0.1) is 0 Å². The molecule has 0 spiro atoms. The summed E-state index contributed by atoms with van der Waals surface area (Å²) in [6.07, 6.45) is -1.05. The molecule has 1 fully saturated rings. The molecular formula is C26H31N5O4. The highest BCUT2D eigenvalue weighted by atomic mass is 16.5. The zero-order valence-corrected chi connectivity index (χ0v) is 19.9. The minimum absolute atomic E-state index is 0.0265. The van der Waals surface area contributed by atoms with Gasteiger partial charge in [0, 0.05) is 48.7 Å². The molecule has 0 radical (unpaired) electrons. The predicted octanol–water partition coefficient (Wildman–Crippen LogP) is 0.994. The maximum atomic E-state index is 12.2. The number of nitrogens with one attached hydrogen (secondary N) is 3. The Kier molecular flexibility index (Phi) is 9.52. The molecule has 5 N–H and O–H groups in total. The first-order valence-corrected chi connectivity index (χ1v) is 11.5. The third-order valence-corrected chi connectivity index (χ3v) is 5.57. The van der Waals surface area contributed by atoms with E-state index in [1.165, 1.54) is 12.4 Å². The number of piperazine rings is 1. The summed E-state index contributed by atoms with van der Waals surface area (Å²) in [6, 6.07) is 13.6. The molecule has 0 aliphatic carbocycles. The van der Waals surface area contributed by atoms with Gasteiger partial charge in [-0.3, -0.25) is 24.7 Å². The summed E-state index contributed by atoms with van der Waals surface area (Å²) in [7, 11) is 0. The van der Waals surface area contributed by atoms with E-state index in [1.54, 1.807) is 6.92 Å². The maximum absolute atomic E-state index is 12.2. The Morgan fingerprint density at radius 2 is 1.63 bits per heavy atom. The summed E-state index contributed by atoms with van der Waals surface area (Å²) in [5, 5.41) is 24.8. The molecular weight excluding hydrogens is 446 g/mol. The fraction of sp³-hybridized carbons (Fsp3) is 0.346. The Labute approximate surface area is 205 Å². The van der Waals surface area contributed by atoms with Crippen LogP contribution in [0.5, 0.6) is 0 Å². The van der Waals surface area contributed by atoms with Gasteiger partial charge in [0.2, 0.25) is 5.91 Å². The molecule has 1 aliphatic heterocycles. The highest BCUT2D eigenvalue weighted by Crippen LogP contribution is 2.11. The first kappa shape index (κ1) is 26.1. The minimum Gasteiger partial charge on any atom is -0.391 e. The van der Waals surface area contributed by atoms with Gasteiger partial charge in [0.25, 0.3) is 5.91 Å². The number of benzene rings is 2. The van der Waals surface area contributed by atoms with Crippen molar-refractivity contribution in [2.24, 2.45) is 4.99 Å². The van der Waals surface area contributed by atoms with Gasteiger partial charge in [0.15, 0.2) is 6.04 Å². The Morgan fingerprint density at radius 3 is 2.17 bits per heavy atom. The average molecular weight is 478 g/mol. The van der Waals surface area contributed by atoms with Crippen LogP contribution < -0.4 is 16.1 Å². The summed E-state index contributed by atoms with van der Waals surface area (Å²) < 4.78 is 0. The molecule has 0 saturated carbocycles. The zero-order chi connectivity index (χ0) is 25.2. The number of aliphatic hydroxyl groups is 1. The molecule has 184 valence electrons. The van der Waals surface area contributed by atoms with Crippen molar-refractivity contribution in [3.05, 3.63) is 65.2 Å². The molecule has 0 bridgehead atoms. The smallest absolute Gasteiger partial charge is 0.270 e. The molecule has 0 unspecified atom stereocenters. The number of hydrogen-bond donors (Lipinski definition) is 5. The number of hydrogen-bond acceptors (Lipinski definition) is 7. The number of rotatable bonds is 7. The summed E-state index contributed by atoms with van der Waals surface area (Å²) in [4.78, 5) is 30.3. The average Bonchev–Trinajstić information content (AvgIpc) is 2.87. The lowest BCUT2D eigenvalue weighted by Crippen LogP contribution is -2.46. The Morgan fingerprint density at radius 1 is 1.06 bits per heavy atom. The van der Waals surface area contributed by atoms with Gasteiger partial charge in [-0.1, -0.05) is 24.0 Å². The third-order valence-electron chi connectivity index (χ3n) is 5.57. The molecule has 1 saturated heterocycles. The van der Waals surface area contributed by atoms with Crippen LogP contribution in [0.15, 0.2) is 53.5 Å². The van der Waals surface area contributed by atoms with E-state index < -0.39 is 18.1 Å². The summed E-state index contributed by atoms with van der Waals surface area (Å²) in [5.74, 6) is 5.41. The van der Waals surface area contributed by atoms with Crippen LogP contribution in [0.1, 0.15) is 30.5 Å². The van der Waals surface area contributed by atoms with Crippen LogP contribution in [-0.4, -0.2) is 77.6 Å². The minimum atomic E-state index is -1.10. The second kappa shape index (κ2) is 12.8. The highest BCUT2D eigenvalue weighted by Gasteiger charge is 2.22. The number of aliphatic hydroxyl groups excluding tert-OH is 1. The third kappa shape index (κ3) is 8.02. The zero-order valence-electron chi connectivity index (χ0n) is 19.9. The van der Waals surface area contributed by atoms with Crippen molar-refractivity contribution >= 4 is 23.2 Å². The summed E-state index contributed by atoms with van der Waals surface area (Å²) >= 11 is 0. The number of aliphatic imine (C=N–C) groups is 1. The van der Waals surface area contributed by atoms with Gasteiger partial charge in [0.05, 0.1) is 12.6 Å². The number of hydroxylamine groups is 1. The standard InChI is InChI=1S/C26H31N5O4/c1-18(28-25(19(2)32)26(34)30-35)22-9-5-20(6-10-22)3-4-21-7-11-23(12-8-21)29-24(33)17-31-15-13-27-14-16-31/h5-12,19,25,27,32,35H,13-17H2,1-2H3,(H,29,33)(H,30,34)/t19-,25+/m1/s1. The van der Waals surface area contributed by atoms with Crippen molar-refractivity contribution in [1.29, 1.82) is 0 Å². The Hall–Kier alpha value is -3.55. The van der Waals surface area contributed by atoms with Crippen molar-refractivity contribution in [1.82, 2.24) is 15.7 Å². The van der Waals surface area contributed by atoms with Gasteiger partial charge >= 0.3 is 0 Å². The molecule has 0 aromatic heterocycles. The van der Waals surface area contributed by atoms with Gasteiger partial charge in [0.1, 0.15) is 0 Å². The van der Waals surface area contributed by atoms with Crippen LogP contribution >= 0.6 is 0 Å². The number of amides is 2. The first-order chi connectivity index (χ1) is 16.9. The van der Waals surface area contributed by atoms with Gasteiger partial charge in [-0.2, -0.15) is 0 Å². The van der Waals surface area contributed by atoms with E-state index in [0.29, 0.717) is 12.3 Å². The van der Waals surface area contributed by atoms with E-state index in [9.17, 15) is 14.7 Å². The summed E-state index contributed by atoms with van der Waals surface area (Å²) in [6.45, 7) is 7.11. The van der Waals surface area contributed by atoms with E-state index in [0.717, 1.165) is 48.6 Å². The van der Waals surface area contributed by atoms with Crippen LogP contribution in [-0.2, 0) is 9.59 Å².